The van der Waals surface area contributed by atoms with Crippen LogP contribution in [0.4, 0.5) is 5.69 Å². The standard InChI is InChI=1S/C14H17NO2/c1-9-8-12(16)5-6-13(9)15-11(3)14-7-4-10(2)17-14/h4-8,11,15-16H,1-3H3. The van der Waals surface area contributed by atoms with E-state index in [9.17, 15) is 5.11 Å². The third kappa shape index (κ3) is 2.61. The maximum Gasteiger partial charge on any atom is 0.126 e. The van der Waals surface area contributed by atoms with Gasteiger partial charge in [0.2, 0.25) is 0 Å². The Labute approximate surface area is 101 Å². The van der Waals surface area contributed by atoms with Gasteiger partial charge in [-0.3, -0.25) is 0 Å². The van der Waals surface area contributed by atoms with E-state index in [1.807, 2.05) is 39.0 Å². The van der Waals surface area contributed by atoms with Gasteiger partial charge in [0.15, 0.2) is 0 Å². The first-order valence-corrected chi connectivity index (χ1v) is 5.69. The number of anilines is 1. The van der Waals surface area contributed by atoms with Crippen molar-refractivity contribution in [2.45, 2.75) is 26.8 Å². The first-order chi connectivity index (χ1) is 8.06. The van der Waals surface area contributed by atoms with Crippen molar-refractivity contribution in [3.05, 3.63) is 47.4 Å². The molecule has 2 N–H and O–H groups in total. The molecule has 2 rings (SSSR count). The van der Waals surface area contributed by atoms with Gasteiger partial charge in [-0.25, -0.2) is 0 Å². The molecule has 1 aromatic carbocycles. The van der Waals surface area contributed by atoms with Crippen molar-refractivity contribution in [2.24, 2.45) is 0 Å². The molecule has 1 unspecified atom stereocenters. The Bertz CT molecular complexity index is 517. The lowest BCUT2D eigenvalue weighted by Gasteiger charge is -2.15. The Kier molecular flexibility index (Phi) is 3.09. The van der Waals surface area contributed by atoms with Crippen molar-refractivity contribution in [1.82, 2.24) is 0 Å². The Balaban J connectivity index is 2.15. The van der Waals surface area contributed by atoms with E-state index in [2.05, 4.69) is 5.32 Å². The molecule has 0 saturated carbocycles. The van der Waals surface area contributed by atoms with Crippen LogP contribution in [0.1, 0.15) is 30.0 Å². The molecule has 3 nitrogen and oxygen atoms in total. The number of rotatable bonds is 3. The number of phenolic OH excluding ortho intramolecular Hbond substituents is 1. The minimum absolute atomic E-state index is 0.104. The molecule has 3 heteroatoms. The van der Waals surface area contributed by atoms with Crippen molar-refractivity contribution in [3.8, 4) is 5.75 Å². The molecule has 0 radical (unpaired) electrons. The van der Waals surface area contributed by atoms with Crippen molar-refractivity contribution in [3.63, 3.8) is 0 Å². The second-order valence-corrected chi connectivity index (χ2v) is 4.31. The zero-order valence-electron chi connectivity index (χ0n) is 10.3. The summed E-state index contributed by atoms with van der Waals surface area (Å²) in [6, 6.07) is 9.32. The summed E-state index contributed by atoms with van der Waals surface area (Å²) in [6.07, 6.45) is 0. The van der Waals surface area contributed by atoms with E-state index in [1.54, 1.807) is 12.1 Å². The summed E-state index contributed by atoms with van der Waals surface area (Å²) in [5.74, 6) is 2.11. The number of hydrogen-bond donors (Lipinski definition) is 2. The molecule has 1 atom stereocenters. The quantitative estimate of drug-likeness (QED) is 0.790. The molecule has 17 heavy (non-hydrogen) atoms. The van der Waals surface area contributed by atoms with E-state index < -0.39 is 0 Å². The van der Waals surface area contributed by atoms with Crippen LogP contribution in [0.15, 0.2) is 34.7 Å². The van der Waals surface area contributed by atoms with Crippen LogP contribution in [-0.4, -0.2) is 5.11 Å². The van der Waals surface area contributed by atoms with Gasteiger partial charge in [0.05, 0.1) is 6.04 Å². The highest BCUT2D eigenvalue weighted by Gasteiger charge is 2.10. The van der Waals surface area contributed by atoms with Crippen LogP contribution in [0, 0.1) is 13.8 Å². The van der Waals surface area contributed by atoms with Crippen LogP contribution in [0.5, 0.6) is 5.75 Å². The monoisotopic (exact) mass is 231 g/mol. The van der Waals surface area contributed by atoms with Crippen LogP contribution < -0.4 is 5.32 Å². The van der Waals surface area contributed by atoms with E-state index in [-0.39, 0.29) is 11.8 Å². The molecule has 0 saturated heterocycles. The molecule has 0 aliphatic carbocycles. The van der Waals surface area contributed by atoms with Gasteiger partial charge < -0.3 is 14.8 Å². The lowest BCUT2D eigenvalue weighted by atomic mass is 10.1. The molecule has 0 amide bonds. The average Bonchev–Trinajstić information content (AvgIpc) is 2.69. The SMILES string of the molecule is Cc1ccc(C(C)Nc2ccc(O)cc2C)o1. The van der Waals surface area contributed by atoms with Gasteiger partial charge >= 0.3 is 0 Å². The zero-order valence-corrected chi connectivity index (χ0v) is 10.3. The van der Waals surface area contributed by atoms with Crippen LogP contribution in [0.25, 0.3) is 0 Å². The second-order valence-electron chi connectivity index (χ2n) is 4.31. The predicted octanol–water partition coefficient (Wildman–Crippen LogP) is 3.78. The fraction of sp³-hybridized carbons (Fsp3) is 0.286. The lowest BCUT2D eigenvalue weighted by Crippen LogP contribution is -2.06. The van der Waals surface area contributed by atoms with Crippen molar-refractivity contribution < 1.29 is 9.52 Å². The van der Waals surface area contributed by atoms with E-state index in [4.69, 9.17) is 4.42 Å². The Morgan fingerprint density at radius 1 is 1.18 bits per heavy atom. The van der Waals surface area contributed by atoms with E-state index in [0.29, 0.717) is 0 Å². The molecule has 90 valence electrons. The second kappa shape index (κ2) is 4.53. The van der Waals surface area contributed by atoms with Crippen molar-refractivity contribution in [2.75, 3.05) is 5.32 Å². The van der Waals surface area contributed by atoms with E-state index in [0.717, 1.165) is 22.8 Å². The summed E-state index contributed by atoms with van der Waals surface area (Å²) < 4.78 is 5.57. The summed E-state index contributed by atoms with van der Waals surface area (Å²) in [7, 11) is 0. The molecule has 0 fully saturated rings. The Hall–Kier alpha value is -1.90. The van der Waals surface area contributed by atoms with Gasteiger partial charge in [0.25, 0.3) is 0 Å². The summed E-state index contributed by atoms with van der Waals surface area (Å²) in [6.45, 7) is 5.94. The van der Waals surface area contributed by atoms with Crippen LogP contribution in [-0.2, 0) is 0 Å². The number of benzene rings is 1. The molecule has 0 aliphatic rings. The molecule has 0 spiro atoms. The van der Waals surface area contributed by atoms with Gasteiger partial charge in [0, 0.05) is 5.69 Å². The van der Waals surface area contributed by atoms with Crippen LogP contribution in [0.2, 0.25) is 0 Å². The molecular formula is C14H17NO2. The summed E-state index contributed by atoms with van der Waals surface area (Å²) in [5, 5.41) is 12.7. The third-order valence-corrected chi connectivity index (χ3v) is 2.77. The van der Waals surface area contributed by atoms with Crippen LogP contribution >= 0.6 is 0 Å². The zero-order chi connectivity index (χ0) is 12.4. The summed E-state index contributed by atoms with van der Waals surface area (Å²) in [5.41, 5.74) is 2.02. The van der Waals surface area contributed by atoms with Gasteiger partial charge in [-0.1, -0.05) is 0 Å². The Morgan fingerprint density at radius 3 is 2.53 bits per heavy atom. The van der Waals surface area contributed by atoms with Crippen molar-refractivity contribution >= 4 is 5.69 Å². The number of nitrogens with one attached hydrogen (secondary N) is 1. The fourth-order valence-corrected chi connectivity index (χ4v) is 1.80. The maximum atomic E-state index is 9.35. The number of hydrogen-bond acceptors (Lipinski definition) is 3. The van der Waals surface area contributed by atoms with Gasteiger partial charge in [-0.15, -0.1) is 0 Å². The highest BCUT2D eigenvalue weighted by atomic mass is 16.3. The molecule has 1 aromatic heterocycles. The predicted molar refractivity (Wildman–Crippen MR) is 68.3 cm³/mol. The largest absolute Gasteiger partial charge is 0.508 e. The Morgan fingerprint density at radius 2 is 1.94 bits per heavy atom. The third-order valence-electron chi connectivity index (χ3n) is 2.77. The normalized spacial score (nSPS) is 12.4. The highest BCUT2D eigenvalue weighted by Crippen LogP contribution is 2.25. The molecule has 1 heterocycles. The van der Waals surface area contributed by atoms with E-state index >= 15 is 0 Å². The topological polar surface area (TPSA) is 45.4 Å². The number of furan rings is 1. The first kappa shape index (κ1) is 11.6. The van der Waals surface area contributed by atoms with Gasteiger partial charge in [0.1, 0.15) is 17.3 Å². The number of phenols is 1. The van der Waals surface area contributed by atoms with Gasteiger partial charge in [-0.2, -0.15) is 0 Å². The van der Waals surface area contributed by atoms with E-state index in [1.165, 1.54) is 0 Å². The lowest BCUT2D eigenvalue weighted by molar-refractivity contribution is 0.466. The summed E-state index contributed by atoms with van der Waals surface area (Å²) >= 11 is 0. The van der Waals surface area contributed by atoms with Crippen LogP contribution in [0.3, 0.4) is 0 Å². The number of aromatic hydroxyl groups is 1. The first-order valence-electron chi connectivity index (χ1n) is 5.69. The molecule has 0 bridgehead atoms. The molecule has 2 aromatic rings. The van der Waals surface area contributed by atoms with Gasteiger partial charge in [-0.05, 0) is 56.7 Å². The highest BCUT2D eigenvalue weighted by molar-refractivity contribution is 5.54. The fourth-order valence-electron chi connectivity index (χ4n) is 1.80. The minimum Gasteiger partial charge on any atom is -0.508 e. The van der Waals surface area contributed by atoms with Crippen molar-refractivity contribution in [1.29, 1.82) is 0 Å². The summed E-state index contributed by atoms with van der Waals surface area (Å²) in [4.78, 5) is 0. The molecular weight excluding hydrogens is 214 g/mol. The smallest absolute Gasteiger partial charge is 0.126 e. The molecule has 0 aliphatic heterocycles. The average molecular weight is 231 g/mol. The maximum absolute atomic E-state index is 9.35. The number of aryl methyl sites for hydroxylation is 2. The minimum atomic E-state index is 0.104.